The van der Waals surface area contributed by atoms with Crippen LogP contribution in [-0.4, -0.2) is 60.4 Å². The third-order valence-electron chi connectivity index (χ3n) is 10.4. The zero-order valence-corrected chi connectivity index (χ0v) is 24.6. The number of carbonyl (C=O) groups excluding carboxylic acids is 2. The molecule has 0 radical (unpaired) electrons. The summed E-state index contributed by atoms with van der Waals surface area (Å²) in [4.78, 5) is 33.5. The summed E-state index contributed by atoms with van der Waals surface area (Å²) >= 11 is 0. The molecule has 2 N–H and O–H groups in total. The van der Waals surface area contributed by atoms with E-state index in [-0.39, 0.29) is 11.8 Å². The van der Waals surface area contributed by atoms with Crippen LogP contribution in [0.1, 0.15) is 78.4 Å². The van der Waals surface area contributed by atoms with Gasteiger partial charge in [-0.3, -0.25) is 14.5 Å². The second kappa shape index (κ2) is 11.2. The van der Waals surface area contributed by atoms with Crippen molar-refractivity contribution >= 4 is 17.5 Å². The van der Waals surface area contributed by atoms with E-state index in [1.807, 2.05) is 24.3 Å². The summed E-state index contributed by atoms with van der Waals surface area (Å²) in [6.07, 6.45) is 8.80. The number of primary amides is 1. The van der Waals surface area contributed by atoms with Crippen molar-refractivity contribution in [2.75, 3.05) is 37.6 Å². The summed E-state index contributed by atoms with van der Waals surface area (Å²) in [6.45, 7) is 5.74. The van der Waals surface area contributed by atoms with Gasteiger partial charge in [0.1, 0.15) is 0 Å². The number of anilines is 1. The number of hydrogen-bond donors (Lipinski definition) is 1. The molecule has 218 valence electrons. The Hall–Kier alpha value is -3.64. The molecular weight excluding hydrogens is 520 g/mol. The molecule has 2 fully saturated rings. The number of nitrogens with two attached hydrogens (primary N) is 1. The van der Waals surface area contributed by atoms with Crippen molar-refractivity contribution in [2.45, 2.75) is 69.4 Å². The molecule has 3 aromatic rings. The minimum atomic E-state index is -0.747. The first-order valence-corrected chi connectivity index (χ1v) is 16.0. The molecule has 6 heteroatoms. The van der Waals surface area contributed by atoms with Crippen LogP contribution in [0.5, 0.6) is 0 Å². The van der Waals surface area contributed by atoms with Crippen molar-refractivity contribution in [2.24, 2.45) is 5.73 Å². The van der Waals surface area contributed by atoms with Crippen LogP contribution in [0.15, 0.2) is 66.7 Å². The van der Waals surface area contributed by atoms with Crippen molar-refractivity contribution in [3.63, 3.8) is 0 Å². The van der Waals surface area contributed by atoms with E-state index in [0.717, 1.165) is 99.2 Å². The van der Waals surface area contributed by atoms with E-state index in [4.69, 9.17) is 5.73 Å². The molecule has 6 nitrogen and oxygen atoms in total. The molecular formula is C36H42N4O2. The minimum Gasteiger partial charge on any atom is -0.369 e. The number of fused-ring (bicyclic) bond motifs is 4. The number of rotatable bonds is 8. The maximum atomic E-state index is 13.3. The average molecular weight is 563 g/mol. The van der Waals surface area contributed by atoms with Gasteiger partial charge in [0.15, 0.2) is 0 Å². The molecule has 4 aliphatic rings. The monoisotopic (exact) mass is 562 g/mol. The standard InChI is InChI=1S/C36H42N4O2/c37-35(42)36(32-14-6-4-12-29(32)30-13-5-7-15-33(30)36)18-8-9-19-38-20-22-39(23-21-38)28-17-16-26-25-40(34(41)31(26)24-28)27-10-2-1-3-11-27/h4-7,12-17,24,27H,1-3,8-11,18-23,25H2,(H2,37,42). The molecule has 0 bridgehead atoms. The van der Waals surface area contributed by atoms with Gasteiger partial charge in [0, 0.05) is 50.0 Å². The first-order chi connectivity index (χ1) is 20.6. The molecule has 0 atom stereocenters. The van der Waals surface area contributed by atoms with E-state index in [9.17, 15) is 9.59 Å². The highest BCUT2D eigenvalue weighted by atomic mass is 16.2. The van der Waals surface area contributed by atoms with Crippen LogP contribution in [0.3, 0.4) is 0 Å². The highest BCUT2D eigenvalue weighted by Crippen LogP contribution is 2.51. The first-order valence-electron chi connectivity index (χ1n) is 16.0. The lowest BCUT2D eigenvalue weighted by Gasteiger charge is -2.36. The van der Waals surface area contributed by atoms with Crippen molar-refractivity contribution in [3.05, 3.63) is 89.0 Å². The molecule has 42 heavy (non-hydrogen) atoms. The summed E-state index contributed by atoms with van der Waals surface area (Å²) in [7, 11) is 0. The fourth-order valence-electron chi connectivity index (χ4n) is 8.13. The summed E-state index contributed by atoms with van der Waals surface area (Å²) in [5.74, 6) is -0.0122. The number of hydrogen-bond acceptors (Lipinski definition) is 4. The van der Waals surface area contributed by atoms with Crippen molar-refractivity contribution in [1.82, 2.24) is 9.80 Å². The normalized spacial score (nSPS) is 20.0. The SMILES string of the molecule is NC(=O)C1(CCCCN2CCN(c3ccc4c(c3)C(=O)N(C3CCCCC3)C4)CC2)c2ccccc2-c2ccccc21. The highest BCUT2D eigenvalue weighted by molar-refractivity contribution is 6.00. The number of benzene rings is 3. The van der Waals surface area contributed by atoms with Gasteiger partial charge in [-0.05, 0) is 72.2 Å². The van der Waals surface area contributed by atoms with Gasteiger partial charge in [-0.2, -0.15) is 0 Å². The summed E-state index contributed by atoms with van der Waals surface area (Å²) < 4.78 is 0. The molecule has 0 unspecified atom stereocenters. The lowest BCUT2D eigenvalue weighted by Crippen LogP contribution is -2.46. The van der Waals surface area contributed by atoms with Gasteiger partial charge >= 0.3 is 0 Å². The molecule has 0 spiro atoms. The second-order valence-corrected chi connectivity index (χ2v) is 12.7. The Labute approximate surface area is 249 Å². The Bertz CT molecular complexity index is 1440. The predicted octanol–water partition coefficient (Wildman–Crippen LogP) is 5.72. The fraction of sp³-hybridized carbons (Fsp3) is 0.444. The van der Waals surface area contributed by atoms with E-state index >= 15 is 0 Å². The van der Waals surface area contributed by atoms with Crippen LogP contribution in [0, 0.1) is 0 Å². The summed E-state index contributed by atoms with van der Waals surface area (Å²) in [6, 6.07) is 23.5. The molecule has 2 aliphatic heterocycles. The van der Waals surface area contributed by atoms with Crippen LogP contribution in [0.25, 0.3) is 11.1 Å². The van der Waals surface area contributed by atoms with Crippen molar-refractivity contribution < 1.29 is 9.59 Å². The third kappa shape index (κ3) is 4.60. The molecule has 7 rings (SSSR count). The number of unbranched alkanes of at least 4 members (excludes halogenated alkanes) is 1. The first kappa shape index (κ1) is 27.2. The topological polar surface area (TPSA) is 69.9 Å². The van der Waals surface area contributed by atoms with Crippen LogP contribution in [0.4, 0.5) is 5.69 Å². The Balaban J connectivity index is 0.944. The Morgan fingerprint density at radius 2 is 1.48 bits per heavy atom. The quantitative estimate of drug-likeness (QED) is 0.357. The number of amides is 2. The zero-order chi connectivity index (χ0) is 28.7. The van der Waals surface area contributed by atoms with Gasteiger partial charge in [0.2, 0.25) is 5.91 Å². The molecule has 0 aromatic heterocycles. The van der Waals surface area contributed by atoms with Gasteiger partial charge in [-0.25, -0.2) is 0 Å². The van der Waals surface area contributed by atoms with E-state index in [0.29, 0.717) is 6.04 Å². The Morgan fingerprint density at radius 1 is 0.810 bits per heavy atom. The van der Waals surface area contributed by atoms with E-state index < -0.39 is 5.41 Å². The summed E-state index contributed by atoms with van der Waals surface area (Å²) in [5.41, 5.74) is 13.1. The molecule has 1 saturated heterocycles. The lowest BCUT2D eigenvalue weighted by atomic mass is 9.73. The number of carbonyl (C=O) groups is 2. The largest absolute Gasteiger partial charge is 0.369 e. The number of piperazine rings is 1. The number of nitrogens with zero attached hydrogens (tertiary/aromatic N) is 3. The van der Waals surface area contributed by atoms with Crippen molar-refractivity contribution in [1.29, 1.82) is 0 Å². The fourth-order valence-corrected chi connectivity index (χ4v) is 8.13. The van der Waals surface area contributed by atoms with Crippen LogP contribution < -0.4 is 10.6 Å². The van der Waals surface area contributed by atoms with Crippen molar-refractivity contribution in [3.8, 4) is 11.1 Å². The molecule has 3 aromatic carbocycles. The molecule has 2 amide bonds. The average Bonchev–Trinajstić information content (AvgIpc) is 3.52. The molecule has 2 aliphatic carbocycles. The van der Waals surface area contributed by atoms with Gasteiger partial charge < -0.3 is 15.5 Å². The maximum absolute atomic E-state index is 13.3. The highest BCUT2D eigenvalue weighted by Gasteiger charge is 2.47. The second-order valence-electron chi connectivity index (χ2n) is 12.7. The van der Waals surface area contributed by atoms with E-state index in [1.165, 1.54) is 30.5 Å². The minimum absolute atomic E-state index is 0.235. The molecule has 1 saturated carbocycles. The summed E-state index contributed by atoms with van der Waals surface area (Å²) in [5, 5.41) is 0. The van der Waals surface area contributed by atoms with E-state index in [2.05, 4.69) is 57.2 Å². The van der Waals surface area contributed by atoms with Gasteiger partial charge in [-0.15, -0.1) is 0 Å². The van der Waals surface area contributed by atoms with Gasteiger partial charge in [0.05, 0.1) is 5.41 Å². The Morgan fingerprint density at radius 3 is 2.14 bits per heavy atom. The zero-order valence-electron chi connectivity index (χ0n) is 24.6. The van der Waals surface area contributed by atoms with Gasteiger partial charge in [-0.1, -0.05) is 80.3 Å². The third-order valence-corrected chi connectivity index (χ3v) is 10.4. The predicted molar refractivity (Wildman–Crippen MR) is 168 cm³/mol. The van der Waals surface area contributed by atoms with Crippen LogP contribution in [0.2, 0.25) is 0 Å². The smallest absolute Gasteiger partial charge is 0.254 e. The maximum Gasteiger partial charge on any atom is 0.254 e. The van der Waals surface area contributed by atoms with Crippen LogP contribution in [-0.2, 0) is 16.8 Å². The molecule has 2 heterocycles. The van der Waals surface area contributed by atoms with E-state index in [1.54, 1.807) is 0 Å². The van der Waals surface area contributed by atoms with Gasteiger partial charge in [0.25, 0.3) is 5.91 Å². The van der Waals surface area contributed by atoms with Crippen LogP contribution >= 0.6 is 0 Å². The lowest BCUT2D eigenvalue weighted by molar-refractivity contribution is -0.122. The Kier molecular flexibility index (Phi) is 7.27.